The fourth-order valence-corrected chi connectivity index (χ4v) is 5.48. The zero-order valence-electron chi connectivity index (χ0n) is 21.7. The smallest absolute Gasteiger partial charge is 0.433 e. The molecule has 1 saturated carbocycles. The fourth-order valence-electron chi connectivity index (χ4n) is 5.48. The number of hydrogen-bond donors (Lipinski definition) is 2. The van der Waals surface area contributed by atoms with E-state index in [9.17, 15) is 18.3 Å². The van der Waals surface area contributed by atoms with Crippen molar-refractivity contribution in [3.05, 3.63) is 54.4 Å². The van der Waals surface area contributed by atoms with Crippen LogP contribution in [0.5, 0.6) is 5.88 Å². The molecule has 9 nitrogen and oxygen atoms in total. The molecule has 0 atom stereocenters. The molecule has 206 valence electrons. The summed E-state index contributed by atoms with van der Waals surface area (Å²) in [7, 11) is 0. The van der Waals surface area contributed by atoms with E-state index in [2.05, 4.69) is 29.9 Å². The molecule has 1 saturated heterocycles. The summed E-state index contributed by atoms with van der Waals surface area (Å²) in [4.78, 5) is 17.9. The van der Waals surface area contributed by atoms with E-state index in [-0.39, 0.29) is 23.6 Å². The number of halogens is 3. The number of aromatic nitrogens is 6. The highest BCUT2D eigenvalue weighted by molar-refractivity contribution is 5.89. The van der Waals surface area contributed by atoms with E-state index >= 15 is 0 Å². The quantitative estimate of drug-likeness (QED) is 0.364. The van der Waals surface area contributed by atoms with Crippen LogP contribution in [-0.4, -0.2) is 65.0 Å². The summed E-state index contributed by atoms with van der Waals surface area (Å²) < 4.78 is 48.0. The minimum atomic E-state index is -4.62. The average molecular weight is 542 g/mol. The first-order valence-corrected chi connectivity index (χ1v) is 13.1. The van der Waals surface area contributed by atoms with Crippen LogP contribution in [0.3, 0.4) is 0 Å². The standard InChI is InChI=1S/C27H30F3N7O2/c1-26(2,38)17-9-22(27(28,29)30)35-23(10-17)39-20-5-3-18(4-6-20)36-13-19(14-36)37-12-16(11-34-37)24-21-7-8-31-25(21)33-15-32-24/h7-12,15,18-20,38H,3-6,13-14H2,1-2H3,(H,31,32,33). The zero-order chi connectivity index (χ0) is 27.4. The van der Waals surface area contributed by atoms with Crippen molar-refractivity contribution in [1.82, 2.24) is 34.6 Å². The van der Waals surface area contributed by atoms with Crippen molar-refractivity contribution in [3.63, 3.8) is 0 Å². The Morgan fingerprint density at radius 2 is 1.82 bits per heavy atom. The van der Waals surface area contributed by atoms with Gasteiger partial charge in [-0.05, 0) is 57.2 Å². The summed E-state index contributed by atoms with van der Waals surface area (Å²) in [5.74, 6) is -0.0931. The van der Waals surface area contributed by atoms with Crippen LogP contribution < -0.4 is 4.74 Å². The number of alkyl halides is 3. The maximum atomic E-state index is 13.4. The van der Waals surface area contributed by atoms with Crippen molar-refractivity contribution in [2.24, 2.45) is 0 Å². The number of aromatic amines is 1. The maximum Gasteiger partial charge on any atom is 0.433 e. The van der Waals surface area contributed by atoms with Gasteiger partial charge in [-0.3, -0.25) is 9.58 Å². The van der Waals surface area contributed by atoms with Gasteiger partial charge in [0.1, 0.15) is 23.8 Å². The van der Waals surface area contributed by atoms with Crippen LogP contribution in [0.1, 0.15) is 56.8 Å². The number of likely N-dealkylation sites (tertiary alicyclic amines) is 1. The number of ether oxygens (including phenoxy) is 1. The largest absolute Gasteiger partial charge is 0.474 e. The highest BCUT2D eigenvalue weighted by Crippen LogP contribution is 2.36. The number of fused-ring (bicyclic) bond motifs is 1. The molecule has 0 bridgehead atoms. The van der Waals surface area contributed by atoms with Crippen molar-refractivity contribution in [2.45, 2.75) is 69.5 Å². The lowest BCUT2D eigenvalue weighted by Crippen LogP contribution is -2.54. The summed E-state index contributed by atoms with van der Waals surface area (Å²) in [6, 6.07) is 4.93. The van der Waals surface area contributed by atoms with E-state index in [4.69, 9.17) is 4.74 Å². The monoisotopic (exact) mass is 541 g/mol. The van der Waals surface area contributed by atoms with Gasteiger partial charge in [-0.1, -0.05) is 0 Å². The minimum absolute atomic E-state index is 0.0931. The Morgan fingerprint density at radius 3 is 2.54 bits per heavy atom. The molecule has 4 aromatic rings. The van der Waals surface area contributed by atoms with E-state index in [1.807, 2.05) is 29.3 Å². The highest BCUT2D eigenvalue weighted by atomic mass is 19.4. The zero-order valence-corrected chi connectivity index (χ0v) is 21.7. The molecule has 0 aromatic carbocycles. The molecule has 6 rings (SSSR count). The lowest BCUT2D eigenvalue weighted by Gasteiger charge is -2.46. The molecule has 0 unspecified atom stereocenters. The van der Waals surface area contributed by atoms with Gasteiger partial charge in [0.05, 0.1) is 23.5 Å². The van der Waals surface area contributed by atoms with Crippen LogP contribution in [0, 0.1) is 0 Å². The number of aliphatic hydroxyl groups is 1. The second-order valence-electron chi connectivity index (χ2n) is 11.0. The van der Waals surface area contributed by atoms with E-state index in [1.165, 1.54) is 19.9 Å². The highest BCUT2D eigenvalue weighted by Gasteiger charge is 2.38. The van der Waals surface area contributed by atoms with Gasteiger partial charge in [0.15, 0.2) is 0 Å². The lowest BCUT2D eigenvalue weighted by molar-refractivity contribution is -0.141. The maximum absolute atomic E-state index is 13.4. The first-order chi connectivity index (χ1) is 18.5. The molecule has 1 aliphatic heterocycles. The average Bonchev–Trinajstić information content (AvgIpc) is 3.53. The third kappa shape index (κ3) is 5.22. The van der Waals surface area contributed by atoms with Crippen LogP contribution in [0.4, 0.5) is 13.2 Å². The Kier molecular flexibility index (Phi) is 6.34. The normalized spacial score (nSPS) is 21.3. The van der Waals surface area contributed by atoms with Crippen molar-refractivity contribution in [3.8, 4) is 17.1 Å². The number of nitrogens with zero attached hydrogens (tertiary/aromatic N) is 6. The van der Waals surface area contributed by atoms with Crippen LogP contribution >= 0.6 is 0 Å². The molecular formula is C27H30F3N7O2. The Labute approximate surface area is 223 Å². The second-order valence-corrected chi connectivity index (χ2v) is 11.0. The van der Waals surface area contributed by atoms with Crippen molar-refractivity contribution < 1.29 is 23.0 Å². The SMILES string of the molecule is CC(C)(O)c1cc(OC2CCC(N3CC(n4cc(-c5ncnc6[nH]ccc56)cn4)C3)CC2)nc(C(F)(F)F)c1. The Hall–Kier alpha value is -3.51. The van der Waals surface area contributed by atoms with Gasteiger partial charge in [0, 0.05) is 48.5 Å². The number of rotatable bonds is 6. The molecule has 2 N–H and O–H groups in total. The first-order valence-electron chi connectivity index (χ1n) is 13.1. The van der Waals surface area contributed by atoms with Crippen molar-refractivity contribution >= 4 is 11.0 Å². The Balaban J connectivity index is 1.04. The van der Waals surface area contributed by atoms with E-state index < -0.39 is 17.5 Å². The van der Waals surface area contributed by atoms with E-state index in [0.29, 0.717) is 6.04 Å². The summed E-state index contributed by atoms with van der Waals surface area (Å²) >= 11 is 0. The van der Waals surface area contributed by atoms with Gasteiger partial charge in [0.25, 0.3) is 0 Å². The molecule has 0 radical (unpaired) electrons. The minimum Gasteiger partial charge on any atom is -0.474 e. The van der Waals surface area contributed by atoms with Gasteiger partial charge in [-0.25, -0.2) is 15.0 Å². The van der Waals surface area contributed by atoms with Gasteiger partial charge in [-0.2, -0.15) is 18.3 Å². The lowest BCUT2D eigenvalue weighted by atomic mass is 9.89. The van der Waals surface area contributed by atoms with Crippen LogP contribution in [0.15, 0.2) is 43.1 Å². The van der Waals surface area contributed by atoms with Crippen LogP contribution in [0.2, 0.25) is 0 Å². The molecule has 2 fully saturated rings. The first kappa shape index (κ1) is 25.8. The molecule has 12 heteroatoms. The van der Waals surface area contributed by atoms with Crippen molar-refractivity contribution in [1.29, 1.82) is 0 Å². The molecular weight excluding hydrogens is 511 g/mol. The predicted octanol–water partition coefficient (Wildman–Crippen LogP) is 4.71. The Morgan fingerprint density at radius 1 is 1.05 bits per heavy atom. The molecule has 0 spiro atoms. The Bertz CT molecular complexity index is 1430. The summed E-state index contributed by atoms with van der Waals surface area (Å²) in [5.41, 5.74) is 0.228. The molecule has 0 amide bonds. The molecule has 39 heavy (non-hydrogen) atoms. The molecule has 1 aliphatic carbocycles. The van der Waals surface area contributed by atoms with E-state index in [0.717, 1.165) is 67.1 Å². The van der Waals surface area contributed by atoms with Gasteiger partial charge >= 0.3 is 6.18 Å². The van der Waals surface area contributed by atoms with Crippen molar-refractivity contribution in [2.75, 3.05) is 13.1 Å². The second kappa shape index (κ2) is 9.60. The van der Waals surface area contributed by atoms with Gasteiger partial charge < -0.3 is 14.8 Å². The topological polar surface area (TPSA) is 105 Å². The third-order valence-electron chi connectivity index (χ3n) is 7.74. The summed E-state index contributed by atoms with van der Waals surface area (Å²) in [6.45, 7) is 4.67. The van der Waals surface area contributed by atoms with Gasteiger partial charge in [-0.15, -0.1) is 0 Å². The third-order valence-corrected chi connectivity index (χ3v) is 7.74. The van der Waals surface area contributed by atoms with Crippen LogP contribution in [0.25, 0.3) is 22.3 Å². The molecule has 4 aromatic heterocycles. The summed E-state index contributed by atoms with van der Waals surface area (Å²) in [5, 5.41) is 15.8. The number of nitrogens with one attached hydrogen (secondary N) is 1. The van der Waals surface area contributed by atoms with Gasteiger partial charge in [0.2, 0.25) is 5.88 Å². The molecule has 2 aliphatic rings. The summed E-state index contributed by atoms with van der Waals surface area (Å²) in [6.07, 6.45) is 5.68. The fraction of sp³-hybridized carbons (Fsp3) is 0.481. The number of hydrogen-bond acceptors (Lipinski definition) is 7. The molecule has 5 heterocycles. The van der Waals surface area contributed by atoms with Crippen LogP contribution in [-0.2, 0) is 11.8 Å². The van der Waals surface area contributed by atoms with E-state index in [1.54, 1.807) is 6.33 Å². The number of pyridine rings is 1. The number of H-pyrrole nitrogens is 1. The predicted molar refractivity (Wildman–Crippen MR) is 137 cm³/mol.